The van der Waals surface area contributed by atoms with Crippen LogP contribution in [0.5, 0.6) is 0 Å². The molecule has 0 spiro atoms. The summed E-state index contributed by atoms with van der Waals surface area (Å²) in [5.41, 5.74) is -0.00512. The fourth-order valence-corrected chi connectivity index (χ4v) is 3.40. The number of nitrogens with zero attached hydrogens (tertiary/aromatic N) is 1. The molecule has 0 aromatic heterocycles. The van der Waals surface area contributed by atoms with E-state index in [0.717, 1.165) is 13.0 Å². The first-order valence-corrected chi connectivity index (χ1v) is 7.59. The molecule has 0 aliphatic heterocycles. The van der Waals surface area contributed by atoms with E-state index in [1.807, 2.05) is 7.05 Å². The molecular weight excluding hydrogens is 224 g/mol. The molecule has 0 radical (unpaired) electrons. The van der Waals surface area contributed by atoms with Crippen LogP contribution in [-0.2, 0) is 0 Å². The quantitative estimate of drug-likeness (QED) is 0.699. The van der Waals surface area contributed by atoms with E-state index in [1.54, 1.807) is 0 Å². The van der Waals surface area contributed by atoms with Crippen molar-refractivity contribution in [2.45, 2.75) is 64.0 Å². The first-order chi connectivity index (χ1) is 8.59. The van der Waals surface area contributed by atoms with E-state index in [4.69, 9.17) is 0 Å². The largest absolute Gasteiger partial charge is 0.394 e. The monoisotopic (exact) mass is 256 g/mol. The topological polar surface area (TPSA) is 35.5 Å². The Morgan fingerprint density at radius 3 is 2.78 bits per heavy atom. The summed E-state index contributed by atoms with van der Waals surface area (Å²) in [6, 6.07) is 0.675. The maximum atomic E-state index is 9.67. The molecule has 108 valence electrons. The molecule has 3 heteroatoms. The van der Waals surface area contributed by atoms with Gasteiger partial charge in [-0.1, -0.05) is 19.8 Å². The van der Waals surface area contributed by atoms with Gasteiger partial charge >= 0.3 is 0 Å². The fourth-order valence-electron chi connectivity index (χ4n) is 3.40. The molecule has 0 heterocycles. The maximum Gasteiger partial charge on any atom is 0.0615 e. The van der Waals surface area contributed by atoms with Gasteiger partial charge in [0.05, 0.1) is 6.61 Å². The summed E-state index contributed by atoms with van der Waals surface area (Å²) >= 11 is 0. The third-order valence-corrected chi connectivity index (χ3v) is 5.03. The second kappa shape index (κ2) is 7.46. The molecule has 3 unspecified atom stereocenters. The Morgan fingerprint density at radius 1 is 1.50 bits per heavy atom. The zero-order valence-corrected chi connectivity index (χ0v) is 12.7. The third-order valence-electron chi connectivity index (χ3n) is 5.03. The molecule has 2 N–H and O–H groups in total. The summed E-state index contributed by atoms with van der Waals surface area (Å²) in [4.78, 5) is 2.47. The minimum absolute atomic E-state index is 0.00512. The molecule has 1 rings (SSSR count). The second-order valence-electron chi connectivity index (χ2n) is 6.06. The maximum absolute atomic E-state index is 9.67. The van der Waals surface area contributed by atoms with Gasteiger partial charge in [-0.2, -0.15) is 0 Å². The number of aliphatic hydroxyl groups is 1. The number of nitrogens with one attached hydrogen (secondary N) is 1. The number of hydrogen-bond acceptors (Lipinski definition) is 3. The minimum atomic E-state index is -0.00512. The van der Waals surface area contributed by atoms with Crippen LogP contribution in [0.4, 0.5) is 0 Å². The van der Waals surface area contributed by atoms with Crippen LogP contribution in [0, 0.1) is 5.92 Å². The lowest BCUT2D eigenvalue weighted by Crippen LogP contribution is -2.50. The molecule has 0 aromatic rings. The number of hydrogen-bond donors (Lipinski definition) is 2. The van der Waals surface area contributed by atoms with Crippen LogP contribution in [0.2, 0.25) is 0 Å². The average Bonchev–Trinajstić information content (AvgIpc) is 2.79. The van der Waals surface area contributed by atoms with Crippen LogP contribution in [0.15, 0.2) is 0 Å². The predicted octanol–water partition coefficient (Wildman–Crippen LogP) is 2.25. The molecule has 0 amide bonds. The molecule has 3 atom stereocenters. The first-order valence-electron chi connectivity index (χ1n) is 7.59. The lowest BCUT2D eigenvalue weighted by atomic mass is 9.85. The summed E-state index contributed by atoms with van der Waals surface area (Å²) in [6.07, 6.45) is 7.37. The molecule has 0 saturated heterocycles. The van der Waals surface area contributed by atoms with Gasteiger partial charge in [-0.25, -0.2) is 0 Å². The summed E-state index contributed by atoms with van der Waals surface area (Å²) in [5, 5.41) is 13.1. The third kappa shape index (κ3) is 3.69. The van der Waals surface area contributed by atoms with Crippen LogP contribution in [0.1, 0.15) is 52.4 Å². The van der Waals surface area contributed by atoms with Gasteiger partial charge in [0.25, 0.3) is 0 Å². The molecule has 1 aliphatic rings. The highest BCUT2D eigenvalue weighted by Gasteiger charge is 2.40. The van der Waals surface area contributed by atoms with E-state index in [1.165, 1.54) is 32.1 Å². The van der Waals surface area contributed by atoms with Crippen molar-refractivity contribution in [3.63, 3.8) is 0 Å². The van der Waals surface area contributed by atoms with Gasteiger partial charge in [-0.3, -0.25) is 0 Å². The highest BCUT2D eigenvalue weighted by molar-refractivity contribution is 4.98. The van der Waals surface area contributed by atoms with Crippen LogP contribution in [-0.4, -0.2) is 48.8 Å². The average molecular weight is 256 g/mol. The van der Waals surface area contributed by atoms with E-state index < -0.39 is 0 Å². The highest BCUT2D eigenvalue weighted by Crippen LogP contribution is 2.37. The van der Waals surface area contributed by atoms with Crippen molar-refractivity contribution >= 4 is 0 Å². The Morgan fingerprint density at radius 2 is 2.22 bits per heavy atom. The summed E-state index contributed by atoms with van der Waals surface area (Å²) in [7, 11) is 4.23. The van der Waals surface area contributed by atoms with Crippen molar-refractivity contribution < 1.29 is 5.11 Å². The zero-order chi connectivity index (χ0) is 13.6. The lowest BCUT2D eigenvalue weighted by molar-refractivity contribution is 0.116. The van der Waals surface area contributed by atoms with Crippen LogP contribution >= 0.6 is 0 Å². The van der Waals surface area contributed by atoms with E-state index in [-0.39, 0.29) is 12.1 Å². The molecule has 0 bridgehead atoms. The van der Waals surface area contributed by atoms with Gasteiger partial charge < -0.3 is 15.3 Å². The molecule has 0 aromatic carbocycles. The molecule has 3 nitrogen and oxygen atoms in total. The molecule has 1 aliphatic carbocycles. The predicted molar refractivity (Wildman–Crippen MR) is 77.8 cm³/mol. The van der Waals surface area contributed by atoms with Gasteiger partial charge in [0.15, 0.2) is 0 Å². The molecule has 1 fully saturated rings. The Labute approximate surface area is 113 Å². The second-order valence-corrected chi connectivity index (χ2v) is 6.06. The van der Waals surface area contributed by atoms with E-state index >= 15 is 0 Å². The van der Waals surface area contributed by atoms with Gasteiger partial charge in [-0.15, -0.1) is 0 Å². The minimum Gasteiger partial charge on any atom is -0.394 e. The summed E-state index contributed by atoms with van der Waals surface area (Å²) in [5.74, 6) is 0.628. The standard InChI is InChI=1S/C15H32N2O/c1-5-7-13(2)17(4)11-9-14-8-6-10-15(14,12-18)16-3/h13-14,16,18H,5-12H2,1-4H3. The normalized spacial score (nSPS) is 30.0. The van der Waals surface area contributed by atoms with E-state index in [2.05, 4.69) is 31.1 Å². The Hall–Kier alpha value is -0.120. The molecule has 18 heavy (non-hydrogen) atoms. The van der Waals surface area contributed by atoms with Crippen LogP contribution < -0.4 is 5.32 Å². The Kier molecular flexibility index (Phi) is 6.61. The first kappa shape index (κ1) is 15.9. The Balaban J connectivity index is 2.42. The smallest absolute Gasteiger partial charge is 0.0615 e. The number of aliphatic hydroxyl groups excluding tert-OH is 1. The van der Waals surface area contributed by atoms with Crippen molar-refractivity contribution in [1.29, 1.82) is 0 Å². The molecular formula is C15H32N2O. The Bertz CT molecular complexity index is 229. The number of likely N-dealkylation sites (N-methyl/N-ethyl adjacent to an activating group) is 1. The van der Waals surface area contributed by atoms with Crippen molar-refractivity contribution in [3.05, 3.63) is 0 Å². The van der Waals surface area contributed by atoms with E-state index in [9.17, 15) is 5.11 Å². The van der Waals surface area contributed by atoms with Crippen molar-refractivity contribution in [1.82, 2.24) is 10.2 Å². The number of rotatable bonds is 8. The van der Waals surface area contributed by atoms with Crippen LogP contribution in [0.25, 0.3) is 0 Å². The molecule has 1 saturated carbocycles. The highest BCUT2D eigenvalue weighted by atomic mass is 16.3. The van der Waals surface area contributed by atoms with Crippen LogP contribution in [0.3, 0.4) is 0 Å². The summed E-state index contributed by atoms with van der Waals surface area (Å²) in [6.45, 7) is 5.99. The summed E-state index contributed by atoms with van der Waals surface area (Å²) < 4.78 is 0. The van der Waals surface area contributed by atoms with Gasteiger partial charge in [0, 0.05) is 11.6 Å². The SMILES string of the molecule is CCCC(C)N(C)CCC1CCCC1(CO)NC. The van der Waals surface area contributed by atoms with Gasteiger partial charge in [0.2, 0.25) is 0 Å². The zero-order valence-electron chi connectivity index (χ0n) is 12.7. The fraction of sp³-hybridized carbons (Fsp3) is 1.00. The van der Waals surface area contributed by atoms with Crippen molar-refractivity contribution in [3.8, 4) is 0 Å². The lowest BCUT2D eigenvalue weighted by Gasteiger charge is -2.35. The van der Waals surface area contributed by atoms with Gasteiger partial charge in [-0.05, 0) is 59.2 Å². The van der Waals surface area contributed by atoms with Crippen molar-refractivity contribution in [2.24, 2.45) is 5.92 Å². The van der Waals surface area contributed by atoms with Crippen molar-refractivity contribution in [2.75, 3.05) is 27.2 Å². The van der Waals surface area contributed by atoms with Gasteiger partial charge in [0.1, 0.15) is 0 Å². The van der Waals surface area contributed by atoms with E-state index in [0.29, 0.717) is 12.0 Å².